The fraction of sp³-hybridized carbons (Fsp3) is 0.905. The number of halogens is 1. The molecule has 2 aliphatic heterocycles. The molecule has 6 bridgehead atoms. The van der Waals surface area contributed by atoms with Crippen molar-refractivity contribution in [3.8, 4) is 0 Å². The molecule has 2 heterocycles. The molecule has 0 aromatic rings. The number of hydrogen-bond donors (Lipinski definition) is 2. The van der Waals surface area contributed by atoms with E-state index < -0.39 is 0 Å². The molecule has 4 saturated carbocycles. The Morgan fingerprint density at radius 2 is 1.59 bits per heavy atom. The first kappa shape index (κ1) is 19.5. The van der Waals surface area contributed by atoms with Crippen LogP contribution < -0.4 is 10.6 Å². The van der Waals surface area contributed by atoms with Crippen molar-refractivity contribution >= 4 is 24.2 Å². The zero-order chi connectivity index (χ0) is 17.7. The summed E-state index contributed by atoms with van der Waals surface area (Å²) < 4.78 is 0. The van der Waals surface area contributed by atoms with Crippen LogP contribution in [0.25, 0.3) is 0 Å². The number of carbonyl (C=O) groups is 2. The number of nitrogens with zero attached hydrogens (tertiary/aromatic N) is 1. The molecule has 5 nitrogen and oxygen atoms in total. The van der Waals surface area contributed by atoms with Gasteiger partial charge in [0, 0.05) is 31.6 Å². The van der Waals surface area contributed by atoms with Gasteiger partial charge in [-0.1, -0.05) is 0 Å². The first-order valence-corrected chi connectivity index (χ1v) is 10.9. The molecular formula is C21H34ClN3O2. The second kappa shape index (κ2) is 7.55. The Bertz CT molecular complexity index is 561. The zero-order valence-electron chi connectivity index (χ0n) is 16.3. The first-order valence-electron chi connectivity index (χ1n) is 10.9. The maximum atomic E-state index is 12.6. The molecule has 6 fully saturated rings. The van der Waals surface area contributed by atoms with Gasteiger partial charge in [-0.3, -0.25) is 9.59 Å². The van der Waals surface area contributed by atoms with Crippen molar-refractivity contribution in [1.29, 1.82) is 0 Å². The molecule has 0 aromatic heterocycles. The van der Waals surface area contributed by atoms with E-state index in [4.69, 9.17) is 0 Å². The van der Waals surface area contributed by atoms with Crippen molar-refractivity contribution in [2.24, 2.45) is 23.2 Å². The third-order valence-corrected chi connectivity index (χ3v) is 8.01. The van der Waals surface area contributed by atoms with Gasteiger partial charge in [0.1, 0.15) is 0 Å². The number of likely N-dealkylation sites (tertiary alicyclic amines) is 1. The van der Waals surface area contributed by atoms with Gasteiger partial charge in [-0.25, -0.2) is 0 Å². The van der Waals surface area contributed by atoms with Gasteiger partial charge in [0.2, 0.25) is 11.8 Å². The third kappa shape index (κ3) is 4.00. The normalized spacial score (nSPS) is 41.8. The van der Waals surface area contributed by atoms with Crippen LogP contribution in [0.15, 0.2) is 0 Å². The van der Waals surface area contributed by atoms with E-state index >= 15 is 0 Å². The Kier molecular flexibility index (Phi) is 5.45. The molecule has 2 saturated heterocycles. The summed E-state index contributed by atoms with van der Waals surface area (Å²) in [7, 11) is 0. The number of nitrogens with one attached hydrogen (secondary N) is 2. The highest BCUT2D eigenvalue weighted by Crippen LogP contribution is 2.61. The van der Waals surface area contributed by atoms with E-state index in [1.54, 1.807) is 0 Å². The molecule has 4 aliphatic carbocycles. The summed E-state index contributed by atoms with van der Waals surface area (Å²) >= 11 is 0. The van der Waals surface area contributed by atoms with Gasteiger partial charge in [-0.2, -0.15) is 0 Å². The highest BCUT2D eigenvalue weighted by atomic mass is 35.5. The molecular weight excluding hydrogens is 362 g/mol. The number of rotatable bonds is 4. The molecule has 0 spiro atoms. The zero-order valence-corrected chi connectivity index (χ0v) is 17.1. The SMILES string of the molecule is Cl.O=C(CC12CC3CC(CC(C3)C1)C2)NCC(=O)N1CCC2CCC(C1)N2. The molecule has 2 unspecified atom stereocenters. The Labute approximate surface area is 168 Å². The van der Waals surface area contributed by atoms with Gasteiger partial charge in [0.15, 0.2) is 0 Å². The van der Waals surface area contributed by atoms with Crippen molar-refractivity contribution in [2.45, 2.75) is 76.3 Å². The Hall–Kier alpha value is -0.810. The summed E-state index contributed by atoms with van der Waals surface area (Å²) in [5.74, 6) is 2.81. The molecule has 6 rings (SSSR count). The van der Waals surface area contributed by atoms with E-state index in [9.17, 15) is 9.59 Å². The van der Waals surface area contributed by atoms with Crippen LogP contribution in [0.2, 0.25) is 0 Å². The topological polar surface area (TPSA) is 61.4 Å². The van der Waals surface area contributed by atoms with E-state index in [0.717, 1.165) is 37.3 Å². The number of amides is 2. The van der Waals surface area contributed by atoms with E-state index in [1.807, 2.05) is 4.90 Å². The summed E-state index contributed by atoms with van der Waals surface area (Å²) in [6.07, 6.45) is 12.1. The smallest absolute Gasteiger partial charge is 0.242 e. The van der Waals surface area contributed by atoms with Crippen LogP contribution in [-0.2, 0) is 9.59 Å². The van der Waals surface area contributed by atoms with Gasteiger partial charge in [-0.15, -0.1) is 12.4 Å². The predicted octanol–water partition coefficient (Wildman–Crippen LogP) is 2.48. The van der Waals surface area contributed by atoms with E-state index in [2.05, 4.69) is 10.6 Å². The maximum absolute atomic E-state index is 12.6. The molecule has 0 radical (unpaired) electrons. The van der Waals surface area contributed by atoms with Crippen LogP contribution in [0, 0.1) is 23.2 Å². The lowest BCUT2D eigenvalue weighted by atomic mass is 9.49. The molecule has 6 aliphatic rings. The second-order valence-corrected chi connectivity index (χ2v) is 10.1. The third-order valence-electron chi connectivity index (χ3n) is 8.01. The van der Waals surface area contributed by atoms with Gasteiger partial charge in [0.25, 0.3) is 0 Å². The Balaban J connectivity index is 0.00000180. The van der Waals surface area contributed by atoms with Gasteiger partial charge >= 0.3 is 0 Å². The largest absolute Gasteiger partial charge is 0.347 e. The van der Waals surface area contributed by atoms with Crippen molar-refractivity contribution in [2.75, 3.05) is 19.6 Å². The standard InChI is InChI=1S/C21H33N3O2.ClH/c25-19(11-21-8-14-5-15(9-21)7-16(6-14)10-21)22-12-20(26)24-4-3-17-1-2-18(13-24)23-17;/h14-18,23H,1-13H2,(H,22,25);1H. The van der Waals surface area contributed by atoms with E-state index in [0.29, 0.717) is 18.5 Å². The summed E-state index contributed by atoms with van der Waals surface area (Å²) in [6.45, 7) is 1.82. The minimum Gasteiger partial charge on any atom is -0.347 e. The molecule has 2 N–H and O–H groups in total. The lowest BCUT2D eigenvalue weighted by molar-refractivity contribution is -0.135. The molecule has 2 atom stereocenters. The highest BCUT2D eigenvalue weighted by Gasteiger charge is 2.51. The Morgan fingerprint density at radius 1 is 0.963 bits per heavy atom. The number of carbonyl (C=O) groups excluding carboxylic acids is 2. The highest BCUT2D eigenvalue weighted by molar-refractivity contribution is 5.85. The number of hydrogen-bond acceptors (Lipinski definition) is 3. The molecule has 152 valence electrons. The lowest BCUT2D eigenvalue weighted by Gasteiger charge is -2.56. The van der Waals surface area contributed by atoms with Crippen LogP contribution >= 0.6 is 12.4 Å². The average Bonchev–Trinajstić information content (AvgIpc) is 2.90. The monoisotopic (exact) mass is 395 g/mol. The minimum atomic E-state index is 0. The summed E-state index contributed by atoms with van der Waals surface area (Å²) in [5, 5.41) is 6.58. The minimum absolute atomic E-state index is 0. The fourth-order valence-electron chi connectivity index (χ4n) is 7.37. The van der Waals surface area contributed by atoms with Gasteiger partial charge < -0.3 is 15.5 Å². The maximum Gasteiger partial charge on any atom is 0.242 e. The van der Waals surface area contributed by atoms with E-state index in [-0.39, 0.29) is 36.2 Å². The summed E-state index contributed by atoms with van der Waals surface area (Å²) in [6, 6.07) is 1.04. The second-order valence-electron chi connectivity index (χ2n) is 10.1. The van der Waals surface area contributed by atoms with Crippen molar-refractivity contribution < 1.29 is 9.59 Å². The average molecular weight is 396 g/mol. The lowest BCUT2D eigenvalue weighted by Crippen LogP contribution is -2.49. The van der Waals surface area contributed by atoms with Crippen LogP contribution in [0.5, 0.6) is 0 Å². The van der Waals surface area contributed by atoms with Crippen molar-refractivity contribution in [3.05, 3.63) is 0 Å². The van der Waals surface area contributed by atoms with Crippen LogP contribution in [0.3, 0.4) is 0 Å². The molecule has 0 aromatic carbocycles. The first-order chi connectivity index (χ1) is 12.6. The summed E-state index contributed by atoms with van der Waals surface area (Å²) in [4.78, 5) is 27.2. The molecule has 6 heteroatoms. The molecule has 2 amide bonds. The van der Waals surface area contributed by atoms with Crippen LogP contribution in [0.1, 0.15) is 64.2 Å². The quantitative estimate of drug-likeness (QED) is 0.768. The van der Waals surface area contributed by atoms with Crippen LogP contribution in [-0.4, -0.2) is 48.4 Å². The fourth-order valence-corrected chi connectivity index (χ4v) is 7.37. The van der Waals surface area contributed by atoms with Gasteiger partial charge in [-0.05, 0) is 81.0 Å². The summed E-state index contributed by atoms with van der Waals surface area (Å²) in [5.41, 5.74) is 0.257. The van der Waals surface area contributed by atoms with Crippen LogP contribution in [0.4, 0.5) is 0 Å². The van der Waals surface area contributed by atoms with E-state index in [1.165, 1.54) is 51.4 Å². The van der Waals surface area contributed by atoms with Gasteiger partial charge in [0.05, 0.1) is 6.54 Å². The Morgan fingerprint density at radius 3 is 2.26 bits per heavy atom. The molecule has 27 heavy (non-hydrogen) atoms. The van der Waals surface area contributed by atoms with Crippen molar-refractivity contribution in [3.63, 3.8) is 0 Å². The predicted molar refractivity (Wildman–Crippen MR) is 107 cm³/mol. The number of fused-ring (bicyclic) bond motifs is 2. The van der Waals surface area contributed by atoms with Crippen molar-refractivity contribution in [1.82, 2.24) is 15.5 Å².